The third-order valence-corrected chi connectivity index (χ3v) is 12.8. The van der Waals surface area contributed by atoms with E-state index in [0.717, 1.165) is 38.5 Å². The maximum absolute atomic E-state index is 11.2. The third kappa shape index (κ3) is 44.1. The summed E-state index contributed by atoms with van der Waals surface area (Å²) < 4.78 is 0. The molecule has 0 aromatic heterocycles. The second-order valence-electron chi connectivity index (χ2n) is 19.1. The van der Waals surface area contributed by atoms with E-state index >= 15 is 0 Å². The van der Waals surface area contributed by atoms with Crippen molar-refractivity contribution in [2.75, 3.05) is 0 Å². The van der Waals surface area contributed by atoms with Crippen molar-refractivity contribution in [3.8, 4) is 0 Å². The van der Waals surface area contributed by atoms with Gasteiger partial charge in [-0.2, -0.15) is 12.8 Å². The van der Waals surface area contributed by atoms with Crippen LogP contribution in [-0.4, -0.2) is 68.5 Å². The van der Waals surface area contributed by atoms with Gasteiger partial charge in [0.05, 0.1) is 27.4 Å². The Bertz CT molecular complexity index is 1320. The summed E-state index contributed by atoms with van der Waals surface area (Å²) in [5.74, 6) is 0.539. The Kier molecular flexibility index (Phi) is 76.9. The van der Waals surface area contributed by atoms with E-state index in [4.69, 9.17) is 34.1 Å². The van der Waals surface area contributed by atoms with Gasteiger partial charge in [-0.15, -0.1) is 0 Å². The smallest absolute Gasteiger partial charge is 1.00 e. The molecule has 0 saturated heterocycles. The van der Waals surface area contributed by atoms with Gasteiger partial charge < -0.3 is 48.7 Å². The van der Waals surface area contributed by atoms with Crippen LogP contribution >= 0.6 is 137 Å². The summed E-state index contributed by atoms with van der Waals surface area (Å²) >= 11 is 12.5. The number of Topliss-reactive ketones (excluding diaryl/α,β-unsaturated/α-hetero) is 5. The molecule has 5 fully saturated rings. The zero-order valence-corrected chi connectivity index (χ0v) is 64.2. The number of hydrogen-bond acceptors (Lipinski definition) is 10. The van der Waals surface area contributed by atoms with Gasteiger partial charge in [-0.3, -0.25) is 24.0 Å². The van der Waals surface area contributed by atoms with Crippen molar-refractivity contribution in [3.63, 3.8) is 0 Å². The first kappa shape index (κ1) is 107. The fourth-order valence-electron chi connectivity index (χ4n) is 6.19. The normalized spacial score (nSPS) is 25.1. The predicted octanol–water partition coefficient (Wildman–Crippen LogP) is 14.8. The molecule has 0 radical (unpaired) electrons. The van der Waals surface area contributed by atoms with Gasteiger partial charge in [-0.1, -0.05) is 92.5 Å². The van der Waals surface area contributed by atoms with Crippen molar-refractivity contribution in [2.45, 2.75) is 240 Å². The van der Waals surface area contributed by atoms with Gasteiger partial charge in [0.15, 0.2) is 0 Å². The number of halogens is 9. The number of nitrogens with two attached hydrogens (primary N) is 3. The average Bonchev–Trinajstić information content (AvgIpc) is 3.75. The minimum Gasteiger partial charge on any atom is 1.00 e. The molecule has 5 aliphatic rings. The van der Waals surface area contributed by atoms with E-state index in [-0.39, 0.29) is 119 Å². The first-order chi connectivity index (χ1) is 28.9. The van der Waals surface area contributed by atoms with Crippen LogP contribution in [0.3, 0.4) is 0 Å². The quantitative estimate of drug-likeness (QED) is 0.0672. The van der Waals surface area contributed by atoms with E-state index in [0.29, 0.717) is 50.6 Å². The fraction of sp³-hybridized carbons (Fsp3) is 0.837. The SMILES string of the molecule is C.C.C.C.C.CC1(C)C(=O)CCC1=O.CC1(C)C(=O)CCC1=O.CC1(C)C(N)CCC1N.CC1(O)CCC(=O)C1(C)C.CC1(O)CCC(N)C1(C)C.[CH2-]CC.[CH2-]CC.[CH3-].[Cl][Ce]([Cl])[Cl].[I][V]([I])[I].[I][V]([I])[I].[Li+]. The van der Waals surface area contributed by atoms with Crippen LogP contribution in [0.25, 0.3) is 0 Å². The third-order valence-electron chi connectivity index (χ3n) is 12.8. The van der Waals surface area contributed by atoms with Crippen LogP contribution in [0.5, 0.6) is 0 Å². The van der Waals surface area contributed by atoms with Crippen LogP contribution in [0.1, 0.15) is 211 Å². The zero-order chi connectivity index (χ0) is 53.3. The van der Waals surface area contributed by atoms with Crippen LogP contribution in [0, 0.1) is 79.0 Å². The molecular formula is C49H104CeCl3I6LiN3O7V2-2. The average molecular weight is 1960 g/mol. The van der Waals surface area contributed by atoms with E-state index in [1.165, 1.54) is 0 Å². The van der Waals surface area contributed by atoms with Gasteiger partial charge in [0.1, 0.15) is 28.9 Å². The summed E-state index contributed by atoms with van der Waals surface area (Å²) in [4.78, 5) is 54.1. The van der Waals surface area contributed by atoms with Crippen LogP contribution < -0.4 is 36.1 Å². The molecule has 0 heterocycles. The van der Waals surface area contributed by atoms with Crippen molar-refractivity contribution in [1.29, 1.82) is 0 Å². The van der Waals surface area contributed by atoms with Gasteiger partial charge >= 0.3 is 196 Å². The molecule has 23 heteroatoms. The standard InChI is InChI=1S/C8H17NO.C8H14O2.C7H16N2.2C7H10O2.2C3H7.5CH4.CH3.Ce.3ClH.6HI.Li.2V/c2*1-7(2)6(9)4-5-8(7,3)10;3*1-7(2)5(8)3-4-6(7)9;2*1-3-2;;;;;;;;;;;;;;;;;;;/h6,10H,4-5,9H2,1-3H3;10H,4-5H2,1-3H3;5-6H,3-4,8-9H2,1-2H3;2*3-4H2,1-2H3;2*1,3H2,2H3;5*1H4;1H3;;9*1H;;;/q;;;;;2*-1;;;;;;-1;+3;;;;;;;;;;+1;2*+3/p-9. The zero-order valence-electron chi connectivity index (χ0n) is 43.1. The largest absolute Gasteiger partial charge is 1.00 e. The Morgan fingerprint density at radius 1 is 0.528 bits per heavy atom. The van der Waals surface area contributed by atoms with Gasteiger partial charge in [-0.05, 0) is 79.1 Å². The second kappa shape index (κ2) is 51.9. The van der Waals surface area contributed by atoms with Gasteiger partial charge in [0.25, 0.3) is 0 Å². The van der Waals surface area contributed by atoms with Crippen molar-refractivity contribution in [3.05, 3.63) is 21.3 Å². The minimum absolute atomic E-state index is 0. The van der Waals surface area contributed by atoms with Crippen LogP contribution in [0.4, 0.5) is 0 Å². The molecule has 5 aliphatic carbocycles. The molecule has 5 saturated carbocycles. The molecule has 0 aliphatic heterocycles. The summed E-state index contributed by atoms with van der Waals surface area (Å²) in [5.41, 5.74) is 29.4. The van der Waals surface area contributed by atoms with Gasteiger partial charge in [0, 0.05) is 55.6 Å². The Morgan fingerprint density at radius 2 is 0.750 bits per heavy atom. The van der Waals surface area contributed by atoms with E-state index in [9.17, 15) is 34.2 Å². The molecule has 5 unspecified atom stereocenters. The van der Waals surface area contributed by atoms with E-state index in [2.05, 4.69) is 148 Å². The first-order valence-electron chi connectivity index (χ1n) is 21.3. The number of carbonyl (C=O) groups is 5. The van der Waals surface area contributed by atoms with Crippen molar-refractivity contribution < 1.29 is 93.6 Å². The summed E-state index contributed by atoms with van der Waals surface area (Å²) in [6, 6.07) is 0.780. The Hall–Kier alpha value is 6.54. The molecule has 5 rings (SSSR count). The molecule has 0 bridgehead atoms. The summed E-state index contributed by atoms with van der Waals surface area (Å²) in [6.07, 6.45) is 8.90. The molecule has 437 valence electrons. The van der Waals surface area contributed by atoms with Gasteiger partial charge in [0.2, 0.25) is 0 Å². The van der Waals surface area contributed by atoms with E-state index < -0.39 is 58.1 Å². The molecule has 0 amide bonds. The topological polar surface area (TPSA) is 204 Å². The maximum Gasteiger partial charge on any atom is 1.00 e. The van der Waals surface area contributed by atoms with E-state index in [1.54, 1.807) is 34.6 Å². The summed E-state index contributed by atoms with van der Waals surface area (Å²) in [7, 11) is 0. The Morgan fingerprint density at radius 3 is 0.806 bits per heavy atom. The predicted molar refractivity (Wildman–Crippen MR) is 358 cm³/mol. The molecule has 0 spiro atoms. The monoisotopic (exact) mass is 1960 g/mol. The molecule has 5 atom stereocenters. The number of rotatable bonds is 0. The molecule has 8 N–H and O–H groups in total. The molecule has 0 aromatic rings. The van der Waals surface area contributed by atoms with Crippen molar-refractivity contribution >= 4 is 166 Å². The Labute approximate surface area is 555 Å². The minimum atomic E-state index is -2.24. The second-order valence-corrected chi connectivity index (χ2v) is 104. The fourth-order valence-corrected chi connectivity index (χ4v) is 6.19. The molecular weight excluding hydrogens is 1860 g/mol. The van der Waals surface area contributed by atoms with Crippen molar-refractivity contribution in [1.82, 2.24) is 0 Å². The number of hydrogen-bond donors (Lipinski definition) is 5. The number of aliphatic hydroxyl groups is 2. The van der Waals surface area contributed by atoms with Crippen LogP contribution in [0.15, 0.2) is 0 Å². The summed E-state index contributed by atoms with van der Waals surface area (Å²) in [6.45, 7) is 33.4. The number of ketones is 5. The van der Waals surface area contributed by atoms with Gasteiger partial charge in [-0.25, -0.2) is 0 Å². The molecule has 10 nitrogen and oxygen atoms in total. The van der Waals surface area contributed by atoms with Crippen LogP contribution in [0.2, 0.25) is 0 Å². The number of carbonyl (C=O) groups excluding carboxylic acids is 5. The van der Waals surface area contributed by atoms with Crippen molar-refractivity contribution in [2.24, 2.45) is 44.3 Å². The Balaban J connectivity index is -0.0000000565. The van der Waals surface area contributed by atoms with Crippen LogP contribution in [-0.2, 0) is 33.8 Å². The van der Waals surface area contributed by atoms with E-state index in [1.807, 2.05) is 48.5 Å². The molecule has 72 heavy (non-hydrogen) atoms. The first-order valence-corrected chi connectivity index (χ1v) is 60.1. The maximum atomic E-state index is 11.2. The summed E-state index contributed by atoms with van der Waals surface area (Å²) in [5, 5.41) is 19.5. The molecule has 0 aromatic carbocycles.